The summed E-state index contributed by atoms with van der Waals surface area (Å²) in [5, 5.41) is 19.7. The van der Waals surface area contributed by atoms with Crippen molar-refractivity contribution in [2.24, 2.45) is 0 Å². The number of aliphatic carboxylic acids is 1. The maximum Gasteiger partial charge on any atom is 0.352 e. The van der Waals surface area contributed by atoms with Gasteiger partial charge in [-0.15, -0.1) is 0 Å². The molecule has 1 atom stereocenters. The molecule has 0 aliphatic carbocycles. The summed E-state index contributed by atoms with van der Waals surface area (Å²) in [5.41, 5.74) is 3.83. The van der Waals surface area contributed by atoms with Gasteiger partial charge in [0.15, 0.2) is 0 Å². The van der Waals surface area contributed by atoms with Crippen molar-refractivity contribution >= 4 is 39.3 Å². The van der Waals surface area contributed by atoms with Crippen LogP contribution in [0.15, 0.2) is 64.9 Å². The number of carboxylic acid groups (broad SMARTS) is 1. The molecule has 30 heavy (non-hydrogen) atoms. The average Bonchev–Trinajstić information content (AvgIpc) is 3.11. The number of nitrogens with zero attached hydrogens (tertiary/aromatic N) is 2. The molecule has 1 aliphatic heterocycles. The highest BCUT2D eigenvalue weighted by Crippen LogP contribution is 2.35. The van der Waals surface area contributed by atoms with Gasteiger partial charge in [-0.05, 0) is 54.8 Å². The van der Waals surface area contributed by atoms with E-state index >= 15 is 0 Å². The molecule has 1 aromatic heterocycles. The molecule has 0 bridgehead atoms. The molecule has 0 spiro atoms. The van der Waals surface area contributed by atoms with Gasteiger partial charge < -0.3 is 15.7 Å². The van der Waals surface area contributed by atoms with Crippen LogP contribution in [0.25, 0.3) is 0 Å². The van der Waals surface area contributed by atoms with Crippen molar-refractivity contribution in [1.29, 1.82) is 0 Å². The van der Waals surface area contributed by atoms with E-state index in [9.17, 15) is 14.7 Å². The number of allylic oxidation sites excluding steroid dienone is 1. The molecule has 0 saturated carbocycles. The minimum Gasteiger partial charge on any atom is -0.477 e. The van der Waals surface area contributed by atoms with Crippen LogP contribution in [0.3, 0.4) is 0 Å². The van der Waals surface area contributed by atoms with Gasteiger partial charge in [-0.2, -0.15) is 5.10 Å². The molecule has 3 aromatic rings. The lowest BCUT2D eigenvalue weighted by Crippen LogP contribution is -2.25. The Morgan fingerprint density at radius 2 is 1.87 bits per heavy atom. The van der Waals surface area contributed by atoms with Gasteiger partial charge in [0.05, 0.1) is 6.20 Å². The van der Waals surface area contributed by atoms with Gasteiger partial charge in [0.2, 0.25) is 0 Å². The number of aromatic nitrogens is 2. The summed E-state index contributed by atoms with van der Waals surface area (Å²) in [7, 11) is 0. The summed E-state index contributed by atoms with van der Waals surface area (Å²) in [5.74, 6) is -1.15. The largest absolute Gasteiger partial charge is 0.477 e. The van der Waals surface area contributed by atoms with Gasteiger partial charge in [0.1, 0.15) is 23.1 Å². The average molecular weight is 467 g/mol. The Morgan fingerprint density at radius 1 is 1.17 bits per heavy atom. The molecule has 1 aliphatic rings. The van der Waals surface area contributed by atoms with Crippen LogP contribution in [0.1, 0.15) is 33.1 Å². The van der Waals surface area contributed by atoms with Crippen molar-refractivity contribution in [2.75, 3.05) is 10.6 Å². The fourth-order valence-electron chi connectivity index (χ4n) is 3.57. The Labute approximate surface area is 181 Å². The number of carbonyl (C=O) groups is 2. The number of halogens is 1. The van der Waals surface area contributed by atoms with Crippen LogP contribution in [0, 0.1) is 13.8 Å². The zero-order valence-corrected chi connectivity index (χ0v) is 17.9. The van der Waals surface area contributed by atoms with Gasteiger partial charge in [0.25, 0.3) is 5.91 Å². The van der Waals surface area contributed by atoms with Crippen LogP contribution in [0.4, 0.5) is 11.5 Å². The third-order valence-corrected chi connectivity index (χ3v) is 5.54. The van der Waals surface area contributed by atoms with Gasteiger partial charge in [-0.3, -0.25) is 4.79 Å². The summed E-state index contributed by atoms with van der Waals surface area (Å²) in [6.07, 6.45) is 3.02. The fourth-order valence-corrected chi connectivity index (χ4v) is 4.09. The van der Waals surface area contributed by atoms with Crippen LogP contribution in [-0.4, -0.2) is 26.8 Å². The predicted octanol–water partition coefficient (Wildman–Crippen LogP) is 4.50. The Kier molecular flexibility index (Phi) is 5.17. The van der Waals surface area contributed by atoms with Crippen LogP contribution >= 0.6 is 15.9 Å². The normalized spacial score (nSPS) is 15.0. The number of benzene rings is 2. The summed E-state index contributed by atoms with van der Waals surface area (Å²) < 4.78 is 2.43. The van der Waals surface area contributed by atoms with Crippen LogP contribution in [0.5, 0.6) is 0 Å². The topological polar surface area (TPSA) is 96.3 Å². The minimum atomic E-state index is -1.11. The lowest BCUT2D eigenvalue weighted by Gasteiger charge is -2.25. The molecular weight excluding hydrogens is 448 g/mol. The van der Waals surface area contributed by atoms with Crippen LogP contribution in [-0.2, 0) is 4.79 Å². The van der Waals surface area contributed by atoms with Crippen molar-refractivity contribution in [3.05, 3.63) is 87.2 Å². The first-order valence-electron chi connectivity index (χ1n) is 9.27. The molecule has 0 radical (unpaired) electrons. The van der Waals surface area contributed by atoms with Gasteiger partial charge in [-0.25, -0.2) is 9.48 Å². The smallest absolute Gasteiger partial charge is 0.352 e. The number of hydrogen-bond acceptors (Lipinski definition) is 4. The summed E-state index contributed by atoms with van der Waals surface area (Å²) >= 11 is 3.52. The molecule has 152 valence electrons. The molecule has 2 heterocycles. The predicted molar refractivity (Wildman–Crippen MR) is 118 cm³/mol. The zero-order valence-electron chi connectivity index (χ0n) is 16.3. The van der Waals surface area contributed by atoms with E-state index in [4.69, 9.17) is 0 Å². The number of hydrogen-bond donors (Lipinski definition) is 3. The van der Waals surface area contributed by atoms with E-state index in [2.05, 4.69) is 31.7 Å². The molecule has 0 fully saturated rings. The quantitative estimate of drug-likeness (QED) is 0.525. The van der Waals surface area contributed by atoms with E-state index < -0.39 is 12.0 Å². The Balaban J connectivity index is 1.74. The van der Waals surface area contributed by atoms with Crippen molar-refractivity contribution in [3.63, 3.8) is 0 Å². The maximum atomic E-state index is 13.0. The number of rotatable bonds is 4. The number of amides is 1. The van der Waals surface area contributed by atoms with Crippen molar-refractivity contribution < 1.29 is 14.7 Å². The first-order chi connectivity index (χ1) is 14.3. The van der Waals surface area contributed by atoms with E-state index in [1.807, 2.05) is 56.3 Å². The van der Waals surface area contributed by atoms with Gasteiger partial charge in [0, 0.05) is 10.2 Å². The molecule has 8 heteroatoms. The highest BCUT2D eigenvalue weighted by atomic mass is 79.9. The molecule has 0 unspecified atom stereocenters. The monoisotopic (exact) mass is 466 g/mol. The van der Waals surface area contributed by atoms with E-state index in [-0.39, 0.29) is 17.2 Å². The Hall–Kier alpha value is -3.39. The number of aryl methyl sites for hydroxylation is 2. The van der Waals surface area contributed by atoms with E-state index in [1.165, 1.54) is 6.20 Å². The standard InChI is InChI=1S/C22H19BrN4O3/c1-12-7-13(2)9-14(8-12)25-21(28)16-11-24-27-19(15-5-3-4-6-17(15)23)10-18(22(29)30)26-20(16)27/h3-11,19,26H,1-2H3,(H,25,28)(H,29,30)/t19-/m1/s1. The molecule has 3 N–H and O–H groups in total. The van der Waals surface area contributed by atoms with Crippen molar-refractivity contribution in [3.8, 4) is 0 Å². The summed E-state index contributed by atoms with van der Waals surface area (Å²) in [6.45, 7) is 3.91. The van der Waals surface area contributed by atoms with Crippen LogP contribution < -0.4 is 10.6 Å². The summed E-state index contributed by atoms with van der Waals surface area (Å²) in [6, 6.07) is 12.8. The first kappa shape index (κ1) is 19.9. The Bertz CT molecular complexity index is 1180. The van der Waals surface area contributed by atoms with Gasteiger partial charge in [-0.1, -0.05) is 40.2 Å². The number of nitrogens with one attached hydrogen (secondary N) is 2. The Morgan fingerprint density at radius 3 is 2.53 bits per heavy atom. The van der Waals surface area contributed by atoms with E-state index in [0.717, 1.165) is 21.2 Å². The van der Waals surface area contributed by atoms with E-state index in [0.29, 0.717) is 11.5 Å². The van der Waals surface area contributed by atoms with Crippen molar-refractivity contribution in [1.82, 2.24) is 9.78 Å². The molecular formula is C22H19BrN4O3. The second kappa shape index (κ2) is 7.79. The SMILES string of the molecule is Cc1cc(C)cc(NC(=O)c2cnn3c2NC(C(=O)O)=C[C@@H]3c2ccccc2Br)c1. The highest BCUT2D eigenvalue weighted by molar-refractivity contribution is 9.10. The highest BCUT2D eigenvalue weighted by Gasteiger charge is 2.30. The minimum absolute atomic E-state index is 0.01000. The number of carbonyl (C=O) groups excluding carboxylic acids is 1. The fraction of sp³-hybridized carbons (Fsp3) is 0.136. The second-order valence-electron chi connectivity index (χ2n) is 7.16. The van der Waals surface area contributed by atoms with E-state index in [1.54, 1.807) is 10.8 Å². The van der Waals surface area contributed by atoms with Gasteiger partial charge >= 0.3 is 5.97 Å². The zero-order chi connectivity index (χ0) is 21.4. The molecule has 1 amide bonds. The lowest BCUT2D eigenvalue weighted by atomic mass is 10.0. The lowest BCUT2D eigenvalue weighted by molar-refractivity contribution is -0.132. The molecule has 4 rings (SSSR count). The summed E-state index contributed by atoms with van der Waals surface area (Å²) in [4.78, 5) is 24.7. The number of anilines is 2. The second-order valence-corrected chi connectivity index (χ2v) is 8.01. The maximum absolute atomic E-state index is 13.0. The number of carboxylic acids is 1. The third-order valence-electron chi connectivity index (χ3n) is 4.82. The third kappa shape index (κ3) is 3.73. The van der Waals surface area contributed by atoms with Crippen LogP contribution in [0.2, 0.25) is 0 Å². The molecule has 0 saturated heterocycles. The van der Waals surface area contributed by atoms with Crippen molar-refractivity contribution in [2.45, 2.75) is 19.9 Å². The number of fused-ring (bicyclic) bond motifs is 1. The first-order valence-corrected chi connectivity index (χ1v) is 10.1. The molecule has 2 aromatic carbocycles. The molecule has 7 nitrogen and oxygen atoms in total.